The number of benzene rings is 1. The first-order valence-electron chi connectivity index (χ1n) is 5.82. The van der Waals surface area contributed by atoms with E-state index in [9.17, 15) is 4.79 Å². The average molecular weight is 279 g/mol. The van der Waals surface area contributed by atoms with Crippen LogP contribution in [-0.2, 0) is 14.3 Å². The van der Waals surface area contributed by atoms with E-state index in [2.05, 4.69) is 9.89 Å². The SMILES string of the molecule is CO/C=C(\Oc1cc(C(C)=NO)ccc1C)C(=O)OC. The summed E-state index contributed by atoms with van der Waals surface area (Å²) in [4.78, 5) is 11.5. The molecule has 1 rings (SSSR count). The lowest BCUT2D eigenvalue weighted by Crippen LogP contribution is -2.12. The Morgan fingerprint density at radius 3 is 2.60 bits per heavy atom. The minimum absolute atomic E-state index is 0.0751. The standard InChI is InChI=1S/C14H17NO5/c1-9-5-6-11(10(2)15-17)7-12(9)20-13(8-18-3)14(16)19-4/h5-8,17H,1-4H3/b13-8-,15-10?. The van der Waals surface area contributed by atoms with Gasteiger partial charge >= 0.3 is 5.97 Å². The van der Waals surface area contributed by atoms with Crippen molar-refractivity contribution in [1.29, 1.82) is 0 Å². The van der Waals surface area contributed by atoms with E-state index in [0.29, 0.717) is 17.0 Å². The molecule has 0 unspecified atom stereocenters. The fraction of sp³-hybridized carbons (Fsp3) is 0.286. The molecule has 0 radical (unpaired) electrons. The molecule has 0 aromatic heterocycles. The van der Waals surface area contributed by atoms with Gasteiger partial charge in [-0.05, 0) is 25.5 Å². The molecule has 0 fully saturated rings. The monoisotopic (exact) mass is 279 g/mol. The van der Waals surface area contributed by atoms with Gasteiger partial charge in [-0.1, -0.05) is 17.3 Å². The van der Waals surface area contributed by atoms with Crippen molar-refractivity contribution in [2.45, 2.75) is 13.8 Å². The van der Waals surface area contributed by atoms with Gasteiger partial charge < -0.3 is 19.4 Å². The third-order valence-corrected chi connectivity index (χ3v) is 2.59. The van der Waals surface area contributed by atoms with Crippen LogP contribution in [0.4, 0.5) is 0 Å². The quantitative estimate of drug-likeness (QED) is 0.223. The van der Waals surface area contributed by atoms with Gasteiger partial charge in [0.05, 0.1) is 19.9 Å². The molecule has 0 saturated carbocycles. The van der Waals surface area contributed by atoms with Crippen molar-refractivity contribution in [2.75, 3.05) is 14.2 Å². The summed E-state index contributed by atoms with van der Waals surface area (Å²) in [6.45, 7) is 3.48. The molecular formula is C14H17NO5. The van der Waals surface area contributed by atoms with Crippen LogP contribution in [0.15, 0.2) is 35.4 Å². The first-order chi connectivity index (χ1) is 9.53. The third kappa shape index (κ3) is 3.74. The van der Waals surface area contributed by atoms with Crippen molar-refractivity contribution in [1.82, 2.24) is 0 Å². The highest BCUT2D eigenvalue weighted by Gasteiger charge is 2.15. The molecule has 0 atom stereocenters. The number of methoxy groups -OCH3 is 2. The summed E-state index contributed by atoms with van der Waals surface area (Å²) in [5, 5.41) is 11.9. The van der Waals surface area contributed by atoms with Gasteiger partial charge in [0.15, 0.2) is 0 Å². The molecule has 20 heavy (non-hydrogen) atoms. The van der Waals surface area contributed by atoms with E-state index in [0.717, 1.165) is 11.8 Å². The lowest BCUT2D eigenvalue weighted by atomic mass is 10.1. The average Bonchev–Trinajstić information content (AvgIpc) is 2.47. The highest BCUT2D eigenvalue weighted by molar-refractivity contribution is 5.98. The topological polar surface area (TPSA) is 77.4 Å². The Labute approximate surface area is 117 Å². The number of hydrogen-bond acceptors (Lipinski definition) is 6. The van der Waals surface area contributed by atoms with Crippen LogP contribution in [0.5, 0.6) is 5.75 Å². The van der Waals surface area contributed by atoms with Gasteiger partial charge in [0, 0.05) is 5.56 Å². The van der Waals surface area contributed by atoms with Crippen molar-refractivity contribution in [2.24, 2.45) is 5.16 Å². The molecule has 0 amide bonds. The van der Waals surface area contributed by atoms with Crippen molar-refractivity contribution in [3.8, 4) is 5.75 Å². The van der Waals surface area contributed by atoms with Crippen LogP contribution in [0.25, 0.3) is 0 Å². The van der Waals surface area contributed by atoms with Crippen LogP contribution in [0.1, 0.15) is 18.1 Å². The number of ether oxygens (including phenoxy) is 3. The molecule has 0 aliphatic heterocycles. The Hall–Kier alpha value is -2.50. The van der Waals surface area contributed by atoms with E-state index in [1.54, 1.807) is 25.1 Å². The second kappa shape index (κ2) is 7.18. The second-order valence-electron chi connectivity index (χ2n) is 3.98. The van der Waals surface area contributed by atoms with Crippen LogP contribution in [0.3, 0.4) is 0 Å². The van der Waals surface area contributed by atoms with Crippen molar-refractivity contribution in [3.05, 3.63) is 41.3 Å². The van der Waals surface area contributed by atoms with E-state index in [-0.39, 0.29) is 5.76 Å². The molecule has 0 spiro atoms. The van der Waals surface area contributed by atoms with Gasteiger partial charge in [0.2, 0.25) is 5.76 Å². The largest absolute Gasteiger partial charge is 0.500 e. The van der Waals surface area contributed by atoms with Crippen molar-refractivity contribution >= 4 is 11.7 Å². The molecule has 108 valence electrons. The maximum atomic E-state index is 11.5. The molecule has 6 nitrogen and oxygen atoms in total. The Bertz CT molecular complexity index is 548. The lowest BCUT2D eigenvalue weighted by Gasteiger charge is -2.11. The number of hydrogen-bond donors (Lipinski definition) is 1. The molecular weight excluding hydrogens is 262 g/mol. The number of oxime groups is 1. The molecule has 1 N–H and O–H groups in total. The number of aryl methyl sites for hydroxylation is 1. The minimum atomic E-state index is -0.649. The van der Waals surface area contributed by atoms with Gasteiger partial charge in [-0.2, -0.15) is 0 Å². The maximum absolute atomic E-state index is 11.5. The van der Waals surface area contributed by atoms with E-state index >= 15 is 0 Å². The van der Waals surface area contributed by atoms with Gasteiger partial charge in [0.1, 0.15) is 12.0 Å². The number of nitrogens with zero attached hydrogens (tertiary/aromatic N) is 1. The van der Waals surface area contributed by atoms with Gasteiger partial charge in [0.25, 0.3) is 0 Å². The summed E-state index contributed by atoms with van der Waals surface area (Å²) in [7, 11) is 2.65. The Balaban J connectivity index is 3.12. The van der Waals surface area contributed by atoms with Crippen LogP contribution in [-0.4, -0.2) is 31.1 Å². The number of carbonyl (C=O) groups is 1. The molecule has 0 aliphatic carbocycles. The molecule has 0 bridgehead atoms. The van der Waals surface area contributed by atoms with Crippen LogP contribution >= 0.6 is 0 Å². The molecule has 1 aromatic rings. The van der Waals surface area contributed by atoms with E-state index in [4.69, 9.17) is 14.7 Å². The first kappa shape index (κ1) is 15.6. The normalized spacial score (nSPS) is 12.0. The van der Waals surface area contributed by atoms with E-state index < -0.39 is 5.97 Å². The zero-order valence-corrected chi connectivity index (χ0v) is 11.8. The van der Waals surface area contributed by atoms with Gasteiger partial charge in [-0.15, -0.1) is 0 Å². The van der Waals surface area contributed by atoms with E-state index in [1.165, 1.54) is 14.2 Å². The molecule has 0 saturated heterocycles. The summed E-state index contributed by atoms with van der Waals surface area (Å²) >= 11 is 0. The summed E-state index contributed by atoms with van der Waals surface area (Å²) in [6, 6.07) is 5.24. The number of rotatable bonds is 5. The summed E-state index contributed by atoms with van der Waals surface area (Å²) < 4.78 is 14.9. The predicted octanol–water partition coefficient (Wildman–Crippen LogP) is 2.23. The molecule has 0 aliphatic rings. The van der Waals surface area contributed by atoms with Crippen molar-refractivity contribution < 1.29 is 24.2 Å². The molecule has 1 aromatic carbocycles. The summed E-state index contributed by atoms with van der Waals surface area (Å²) in [6.07, 6.45) is 1.16. The zero-order chi connectivity index (χ0) is 15.1. The third-order valence-electron chi connectivity index (χ3n) is 2.59. The Morgan fingerprint density at radius 1 is 1.35 bits per heavy atom. The van der Waals surface area contributed by atoms with Crippen molar-refractivity contribution in [3.63, 3.8) is 0 Å². The minimum Gasteiger partial charge on any atom is -0.500 e. The number of carbonyl (C=O) groups excluding carboxylic acids is 1. The van der Waals surface area contributed by atoms with Crippen LogP contribution in [0, 0.1) is 6.92 Å². The fourth-order valence-electron chi connectivity index (χ4n) is 1.43. The van der Waals surface area contributed by atoms with Gasteiger partial charge in [-0.25, -0.2) is 4.79 Å². The Kier molecular flexibility index (Phi) is 5.58. The fourth-order valence-corrected chi connectivity index (χ4v) is 1.43. The molecule has 6 heteroatoms. The highest BCUT2D eigenvalue weighted by Crippen LogP contribution is 2.22. The predicted molar refractivity (Wildman–Crippen MR) is 72.9 cm³/mol. The maximum Gasteiger partial charge on any atom is 0.377 e. The smallest absolute Gasteiger partial charge is 0.377 e. The second-order valence-corrected chi connectivity index (χ2v) is 3.98. The van der Waals surface area contributed by atoms with E-state index in [1.807, 2.05) is 6.92 Å². The van der Waals surface area contributed by atoms with Crippen LogP contribution < -0.4 is 4.74 Å². The first-order valence-corrected chi connectivity index (χ1v) is 5.82. The Morgan fingerprint density at radius 2 is 2.05 bits per heavy atom. The molecule has 0 heterocycles. The summed E-state index contributed by atoms with van der Waals surface area (Å²) in [5.74, 6) is -0.280. The van der Waals surface area contributed by atoms with Crippen LogP contribution in [0.2, 0.25) is 0 Å². The highest BCUT2D eigenvalue weighted by atomic mass is 16.6. The van der Waals surface area contributed by atoms with Gasteiger partial charge in [-0.3, -0.25) is 0 Å². The number of esters is 1. The lowest BCUT2D eigenvalue weighted by molar-refractivity contribution is -0.138. The summed E-state index contributed by atoms with van der Waals surface area (Å²) in [5.41, 5.74) is 1.92. The zero-order valence-electron chi connectivity index (χ0n) is 11.8.